The molecule has 7 nitrogen and oxygen atoms in total. The summed E-state index contributed by atoms with van der Waals surface area (Å²) in [7, 11) is -3.75. The van der Waals surface area contributed by atoms with Crippen LogP contribution < -0.4 is 10.0 Å². The highest BCUT2D eigenvalue weighted by Gasteiger charge is 2.41. The Morgan fingerprint density at radius 2 is 1.67 bits per heavy atom. The monoisotopic (exact) mass is 427 g/mol. The van der Waals surface area contributed by atoms with Gasteiger partial charge in [0.25, 0.3) is 10.0 Å². The highest BCUT2D eigenvalue weighted by Crippen LogP contribution is 2.33. The quantitative estimate of drug-likeness (QED) is 0.741. The highest BCUT2D eigenvalue weighted by atomic mass is 32.2. The lowest BCUT2D eigenvalue weighted by Crippen LogP contribution is -2.29. The number of sulfonamides is 1. The normalized spacial score (nSPS) is 19.1. The van der Waals surface area contributed by atoms with E-state index in [4.69, 9.17) is 0 Å². The van der Waals surface area contributed by atoms with Crippen molar-refractivity contribution in [2.45, 2.75) is 44.0 Å². The molecule has 1 saturated carbocycles. The molecule has 2 aliphatic rings. The van der Waals surface area contributed by atoms with E-state index in [0.717, 1.165) is 24.0 Å². The molecule has 0 spiro atoms. The van der Waals surface area contributed by atoms with Crippen molar-refractivity contribution >= 4 is 33.2 Å². The molecule has 4 rings (SSSR count). The van der Waals surface area contributed by atoms with Crippen LogP contribution in [0.15, 0.2) is 47.4 Å². The van der Waals surface area contributed by atoms with Crippen molar-refractivity contribution in [2.75, 3.05) is 16.6 Å². The smallest absolute Gasteiger partial charge is 0.261 e. The minimum Gasteiger partial charge on any atom is -0.339 e. The van der Waals surface area contributed by atoms with Gasteiger partial charge in [0, 0.05) is 24.7 Å². The van der Waals surface area contributed by atoms with Gasteiger partial charge in [-0.3, -0.25) is 14.3 Å². The molecule has 158 valence electrons. The van der Waals surface area contributed by atoms with Crippen LogP contribution in [0, 0.1) is 19.8 Å². The standard InChI is InChI=1S/C22H25N3O4S/c1-14-4-3-5-15(2)21(14)24-30(28,29)19-10-6-17(7-11-19)23-22(27)16-12-20(26)25(13-16)18-8-9-18/h3-7,10-11,16,18,24H,8-9,12-13H2,1-2H3,(H,23,27). The molecule has 2 aromatic carbocycles. The first-order valence-electron chi connectivity index (χ1n) is 10.0. The zero-order chi connectivity index (χ0) is 21.5. The average molecular weight is 428 g/mol. The molecule has 2 N–H and O–H groups in total. The van der Waals surface area contributed by atoms with E-state index < -0.39 is 10.0 Å². The lowest BCUT2D eigenvalue weighted by molar-refractivity contribution is -0.128. The number of anilines is 2. The molecule has 1 saturated heterocycles. The van der Waals surface area contributed by atoms with Gasteiger partial charge in [-0.15, -0.1) is 0 Å². The fraction of sp³-hybridized carbons (Fsp3) is 0.364. The number of likely N-dealkylation sites (tertiary alicyclic amines) is 1. The summed E-state index contributed by atoms with van der Waals surface area (Å²) in [6.45, 7) is 4.16. The van der Waals surface area contributed by atoms with Gasteiger partial charge in [0.15, 0.2) is 0 Å². The van der Waals surface area contributed by atoms with Gasteiger partial charge in [-0.1, -0.05) is 18.2 Å². The number of para-hydroxylation sites is 1. The van der Waals surface area contributed by atoms with Crippen LogP contribution in [-0.4, -0.2) is 37.7 Å². The van der Waals surface area contributed by atoms with E-state index in [9.17, 15) is 18.0 Å². The Morgan fingerprint density at radius 3 is 2.27 bits per heavy atom. The number of nitrogens with one attached hydrogen (secondary N) is 2. The largest absolute Gasteiger partial charge is 0.339 e. The van der Waals surface area contributed by atoms with Crippen molar-refractivity contribution in [3.8, 4) is 0 Å². The van der Waals surface area contributed by atoms with Crippen LogP contribution in [0.4, 0.5) is 11.4 Å². The number of carbonyl (C=O) groups excluding carboxylic acids is 2. The second-order valence-corrected chi connectivity index (χ2v) is 9.75. The summed E-state index contributed by atoms with van der Waals surface area (Å²) < 4.78 is 28.1. The lowest BCUT2D eigenvalue weighted by atomic mass is 10.1. The van der Waals surface area contributed by atoms with Crippen LogP contribution in [0.5, 0.6) is 0 Å². The minimum absolute atomic E-state index is 0.0386. The van der Waals surface area contributed by atoms with E-state index in [1.807, 2.05) is 32.0 Å². The van der Waals surface area contributed by atoms with Gasteiger partial charge in [0.1, 0.15) is 0 Å². The van der Waals surface area contributed by atoms with Gasteiger partial charge in [-0.05, 0) is 62.1 Å². The summed E-state index contributed by atoms with van der Waals surface area (Å²) in [6.07, 6.45) is 2.27. The third-order valence-electron chi connectivity index (χ3n) is 5.67. The molecule has 2 aromatic rings. The van der Waals surface area contributed by atoms with Crippen LogP contribution in [0.25, 0.3) is 0 Å². The molecule has 0 radical (unpaired) electrons. The van der Waals surface area contributed by atoms with Crippen molar-refractivity contribution in [3.05, 3.63) is 53.6 Å². The van der Waals surface area contributed by atoms with Gasteiger partial charge in [0.05, 0.1) is 16.5 Å². The second-order valence-electron chi connectivity index (χ2n) is 8.06. The van der Waals surface area contributed by atoms with E-state index in [2.05, 4.69) is 10.0 Å². The fourth-order valence-corrected chi connectivity index (χ4v) is 4.98. The first-order chi connectivity index (χ1) is 14.2. The number of amides is 2. The van der Waals surface area contributed by atoms with E-state index in [0.29, 0.717) is 24.0 Å². The summed E-state index contributed by atoms with van der Waals surface area (Å²) in [6, 6.07) is 11.9. The first kappa shape index (κ1) is 20.4. The van der Waals surface area contributed by atoms with Crippen molar-refractivity contribution < 1.29 is 18.0 Å². The predicted molar refractivity (Wildman–Crippen MR) is 115 cm³/mol. The number of hydrogen-bond acceptors (Lipinski definition) is 4. The maximum Gasteiger partial charge on any atom is 0.261 e. The highest BCUT2D eigenvalue weighted by molar-refractivity contribution is 7.92. The Bertz CT molecular complexity index is 1070. The molecular formula is C22H25N3O4S. The van der Waals surface area contributed by atoms with Crippen molar-refractivity contribution in [1.82, 2.24) is 4.90 Å². The fourth-order valence-electron chi connectivity index (χ4n) is 3.78. The summed E-state index contributed by atoms with van der Waals surface area (Å²) in [5.41, 5.74) is 2.76. The maximum atomic E-state index is 12.7. The lowest BCUT2D eigenvalue weighted by Gasteiger charge is -2.15. The van der Waals surface area contributed by atoms with E-state index in [1.54, 1.807) is 17.0 Å². The maximum absolute atomic E-state index is 12.7. The topological polar surface area (TPSA) is 95.6 Å². The molecular weight excluding hydrogens is 402 g/mol. The molecule has 0 bridgehead atoms. The molecule has 1 unspecified atom stereocenters. The van der Waals surface area contributed by atoms with Crippen LogP contribution in [0.3, 0.4) is 0 Å². The zero-order valence-electron chi connectivity index (χ0n) is 17.0. The first-order valence-corrected chi connectivity index (χ1v) is 11.5. The minimum atomic E-state index is -3.75. The number of hydrogen-bond donors (Lipinski definition) is 2. The van der Waals surface area contributed by atoms with Gasteiger partial charge in [-0.25, -0.2) is 8.42 Å². The summed E-state index contributed by atoms with van der Waals surface area (Å²) in [4.78, 5) is 26.5. The Hall–Kier alpha value is -2.87. The molecule has 1 aliphatic heterocycles. The van der Waals surface area contributed by atoms with Gasteiger partial charge in [-0.2, -0.15) is 0 Å². The van der Waals surface area contributed by atoms with Gasteiger partial charge in [0.2, 0.25) is 11.8 Å². The van der Waals surface area contributed by atoms with Gasteiger partial charge < -0.3 is 10.2 Å². The molecule has 30 heavy (non-hydrogen) atoms. The van der Waals surface area contributed by atoms with Crippen LogP contribution >= 0.6 is 0 Å². The Morgan fingerprint density at radius 1 is 1.03 bits per heavy atom. The number of carbonyl (C=O) groups is 2. The van der Waals surface area contributed by atoms with Crippen molar-refractivity contribution in [2.24, 2.45) is 5.92 Å². The number of nitrogens with zero attached hydrogens (tertiary/aromatic N) is 1. The molecule has 8 heteroatoms. The average Bonchev–Trinajstić information content (AvgIpc) is 3.47. The van der Waals surface area contributed by atoms with Crippen molar-refractivity contribution in [3.63, 3.8) is 0 Å². The Balaban J connectivity index is 1.42. The Kier molecular flexibility index (Phi) is 5.27. The molecule has 0 aromatic heterocycles. The van der Waals surface area contributed by atoms with Crippen LogP contribution in [0.2, 0.25) is 0 Å². The number of rotatable bonds is 6. The molecule has 1 aliphatic carbocycles. The van der Waals surface area contributed by atoms with Crippen LogP contribution in [-0.2, 0) is 19.6 Å². The zero-order valence-corrected chi connectivity index (χ0v) is 17.8. The van der Waals surface area contributed by atoms with E-state index in [1.165, 1.54) is 12.1 Å². The number of benzene rings is 2. The SMILES string of the molecule is Cc1cccc(C)c1NS(=O)(=O)c1ccc(NC(=O)C2CC(=O)N(C3CC3)C2)cc1. The summed E-state index contributed by atoms with van der Waals surface area (Å²) in [5.74, 6) is -0.542. The predicted octanol–water partition coefficient (Wildman–Crippen LogP) is 3.05. The van der Waals surface area contributed by atoms with Crippen LogP contribution in [0.1, 0.15) is 30.4 Å². The summed E-state index contributed by atoms with van der Waals surface area (Å²) >= 11 is 0. The molecule has 2 fully saturated rings. The van der Waals surface area contributed by atoms with Crippen molar-refractivity contribution in [1.29, 1.82) is 0 Å². The second kappa shape index (κ2) is 7.75. The molecule has 1 heterocycles. The summed E-state index contributed by atoms with van der Waals surface area (Å²) in [5, 5.41) is 2.80. The molecule has 2 amide bonds. The molecule has 1 atom stereocenters. The third-order valence-corrected chi connectivity index (χ3v) is 7.03. The number of aryl methyl sites for hydroxylation is 2. The Labute approximate surface area is 176 Å². The van der Waals surface area contributed by atoms with Gasteiger partial charge >= 0.3 is 0 Å². The third kappa shape index (κ3) is 4.18. The van der Waals surface area contributed by atoms with E-state index in [-0.39, 0.29) is 29.0 Å². The van der Waals surface area contributed by atoms with E-state index >= 15 is 0 Å².